The number of rotatable bonds is 6. The van der Waals surface area contributed by atoms with E-state index >= 15 is 0 Å². The van der Waals surface area contributed by atoms with Gasteiger partial charge in [0.2, 0.25) is 11.8 Å². The van der Waals surface area contributed by atoms with Crippen LogP contribution >= 0.6 is 15.9 Å². The molecule has 7 nitrogen and oxygen atoms in total. The molecule has 188 valence electrons. The highest BCUT2D eigenvalue weighted by Gasteiger charge is 2.30. The summed E-state index contributed by atoms with van der Waals surface area (Å²) in [5.41, 5.74) is 3.95. The number of hydrogen-bond donors (Lipinski definition) is 0. The van der Waals surface area contributed by atoms with Crippen LogP contribution in [0.25, 0.3) is 0 Å². The van der Waals surface area contributed by atoms with Crippen LogP contribution in [0.4, 0.5) is 11.4 Å². The predicted octanol–water partition coefficient (Wildman–Crippen LogP) is 3.96. The number of carbonyl (C=O) groups is 2. The quantitative estimate of drug-likeness (QED) is 0.533. The first-order valence-electron chi connectivity index (χ1n) is 12.1. The van der Waals surface area contributed by atoms with E-state index in [0.29, 0.717) is 49.2 Å². The molecule has 1 fully saturated rings. The van der Waals surface area contributed by atoms with Gasteiger partial charge in [0.05, 0.1) is 10.6 Å². The predicted molar refractivity (Wildman–Crippen MR) is 142 cm³/mol. The molecule has 1 atom stereocenters. The molecule has 0 bridgehead atoms. The average Bonchev–Trinajstić information content (AvgIpc) is 3.24. The minimum Gasteiger partial charge on any atom is -0.365 e. The van der Waals surface area contributed by atoms with Crippen molar-refractivity contribution < 1.29 is 18.0 Å². The van der Waals surface area contributed by atoms with Crippen molar-refractivity contribution in [2.24, 2.45) is 0 Å². The third kappa shape index (κ3) is 5.40. The van der Waals surface area contributed by atoms with Gasteiger partial charge >= 0.3 is 0 Å². The van der Waals surface area contributed by atoms with Crippen LogP contribution in [0.5, 0.6) is 0 Å². The third-order valence-corrected chi connectivity index (χ3v) is 9.53. The lowest BCUT2D eigenvalue weighted by Gasteiger charge is -2.41. The van der Waals surface area contributed by atoms with Gasteiger partial charge in [0.15, 0.2) is 9.84 Å². The SMILES string of the molecule is CCC(=O)N1CCc2cc(Br)c(S(=O)(=O)CCC(=O)N3CCN(c4cccc(C)c4)[C@H](C)C3)cc21. The Bertz CT molecular complexity index is 1250. The Morgan fingerprint density at radius 1 is 1.09 bits per heavy atom. The summed E-state index contributed by atoms with van der Waals surface area (Å²) in [6.07, 6.45) is 0.994. The zero-order valence-electron chi connectivity index (χ0n) is 20.5. The van der Waals surface area contributed by atoms with Gasteiger partial charge in [0.25, 0.3) is 0 Å². The molecule has 0 radical (unpaired) electrons. The van der Waals surface area contributed by atoms with Crippen molar-refractivity contribution in [1.29, 1.82) is 0 Å². The van der Waals surface area contributed by atoms with E-state index in [1.165, 1.54) is 5.56 Å². The molecule has 2 aliphatic rings. The molecule has 2 amide bonds. The molecule has 4 rings (SSSR count). The van der Waals surface area contributed by atoms with E-state index in [1.54, 1.807) is 28.9 Å². The van der Waals surface area contributed by atoms with E-state index < -0.39 is 9.84 Å². The summed E-state index contributed by atoms with van der Waals surface area (Å²) in [5, 5.41) is 0. The highest BCUT2D eigenvalue weighted by Crippen LogP contribution is 2.36. The molecule has 0 N–H and O–H groups in total. The van der Waals surface area contributed by atoms with Crippen molar-refractivity contribution >= 4 is 49.0 Å². The molecule has 2 aliphatic heterocycles. The minimum atomic E-state index is -3.72. The lowest BCUT2D eigenvalue weighted by molar-refractivity contribution is -0.131. The summed E-state index contributed by atoms with van der Waals surface area (Å²) in [6.45, 7) is 8.33. The van der Waals surface area contributed by atoms with Crippen molar-refractivity contribution in [3.05, 3.63) is 52.0 Å². The number of sulfone groups is 1. The second-order valence-electron chi connectivity index (χ2n) is 9.35. The lowest BCUT2D eigenvalue weighted by atomic mass is 10.1. The third-order valence-electron chi connectivity index (χ3n) is 6.87. The fourth-order valence-corrected chi connectivity index (χ4v) is 7.38. The standard InChI is InChI=1S/C26H32BrN3O4S/c1-4-25(31)30-10-8-20-15-22(27)24(16-23(20)30)35(33,34)13-9-26(32)28-11-12-29(19(3)17-28)21-7-5-6-18(2)14-21/h5-7,14-16,19H,4,8-13,17H2,1-3H3/t19-/m1/s1. The molecule has 0 spiro atoms. The highest BCUT2D eigenvalue weighted by molar-refractivity contribution is 9.10. The number of aryl methyl sites for hydroxylation is 1. The lowest BCUT2D eigenvalue weighted by Crippen LogP contribution is -2.54. The first-order valence-corrected chi connectivity index (χ1v) is 14.5. The minimum absolute atomic E-state index is 0.0245. The largest absolute Gasteiger partial charge is 0.365 e. The van der Waals surface area contributed by atoms with Gasteiger partial charge in [-0.2, -0.15) is 0 Å². The van der Waals surface area contributed by atoms with Gasteiger partial charge in [-0.1, -0.05) is 19.1 Å². The first-order chi connectivity index (χ1) is 16.6. The van der Waals surface area contributed by atoms with Crippen molar-refractivity contribution in [1.82, 2.24) is 4.90 Å². The van der Waals surface area contributed by atoms with Gasteiger partial charge in [-0.3, -0.25) is 9.59 Å². The number of benzene rings is 2. The van der Waals surface area contributed by atoms with E-state index in [1.807, 2.05) is 6.07 Å². The van der Waals surface area contributed by atoms with Crippen LogP contribution in [0, 0.1) is 6.92 Å². The monoisotopic (exact) mass is 561 g/mol. The highest BCUT2D eigenvalue weighted by atomic mass is 79.9. The summed E-state index contributed by atoms with van der Waals surface area (Å²) in [6, 6.07) is 11.8. The molecule has 0 saturated carbocycles. The van der Waals surface area contributed by atoms with Crippen molar-refractivity contribution in [3.63, 3.8) is 0 Å². The normalized spacial score (nSPS) is 18.1. The number of anilines is 2. The Morgan fingerprint density at radius 2 is 1.86 bits per heavy atom. The van der Waals surface area contributed by atoms with E-state index in [2.05, 4.69) is 52.9 Å². The van der Waals surface area contributed by atoms with Gasteiger partial charge in [0, 0.05) is 60.9 Å². The summed E-state index contributed by atoms with van der Waals surface area (Å²) >= 11 is 3.40. The molecule has 35 heavy (non-hydrogen) atoms. The maximum Gasteiger partial charge on any atom is 0.226 e. The van der Waals surface area contributed by atoms with Gasteiger partial charge in [0.1, 0.15) is 0 Å². The van der Waals surface area contributed by atoms with Crippen LogP contribution in [0.3, 0.4) is 0 Å². The number of halogens is 1. The van der Waals surface area contributed by atoms with E-state index in [-0.39, 0.29) is 34.9 Å². The molecular formula is C26H32BrN3O4S. The van der Waals surface area contributed by atoms with Crippen LogP contribution in [-0.4, -0.2) is 63.1 Å². The van der Waals surface area contributed by atoms with Gasteiger partial charge < -0.3 is 14.7 Å². The molecule has 1 saturated heterocycles. The van der Waals surface area contributed by atoms with E-state index in [0.717, 1.165) is 11.3 Å². The molecule has 0 aliphatic carbocycles. The zero-order valence-corrected chi connectivity index (χ0v) is 22.9. The van der Waals surface area contributed by atoms with Crippen molar-refractivity contribution in [3.8, 4) is 0 Å². The first kappa shape index (κ1) is 25.7. The molecular weight excluding hydrogens is 530 g/mol. The van der Waals surface area contributed by atoms with Crippen LogP contribution in [0.2, 0.25) is 0 Å². The molecule has 0 unspecified atom stereocenters. The van der Waals surface area contributed by atoms with Crippen LogP contribution in [-0.2, 0) is 25.8 Å². The second kappa shape index (κ2) is 10.3. The van der Waals surface area contributed by atoms with E-state index in [9.17, 15) is 18.0 Å². The fraction of sp³-hybridized carbons (Fsp3) is 0.462. The van der Waals surface area contributed by atoms with Gasteiger partial charge in [-0.25, -0.2) is 8.42 Å². The van der Waals surface area contributed by atoms with Crippen molar-refractivity contribution in [2.45, 2.75) is 51.0 Å². The Morgan fingerprint density at radius 3 is 2.54 bits per heavy atom. The number of piperazine rings is 1. The van der Waals surface area contributed by atoms with E-state index in [4.69, 9.17) is 0 Å². The Labute approximate surface area is 216 Å². The number of hydrogen-bond acceptors (Lipinski definition) is 5. The van der Waals surface area contributed by atoms with Crippen molar-refractivity contribution in [2.75, 3.05) is 41.7 Å². The maximum atomic E-state index is 13.2. The second-order valence-corrected chi connectivity index (χ2v) is 12.3. The molecule has 0 aromatic heterocycles. The summed E-state index contributed by atoms with van der Waals surface area (Å²) < 4.78 is 26.9. The Hall–Kier alpha value is -2.39. The molecule has 9 heteroatoms. The zero-order chi connectivity index (χ0) is 25.3. The fourth-order valence-electron chi connectivity index (χ4n) is 4.94. The number of fused-ring (bicyclic) bond motifs is 1. The summed E-state index contributed by atoms with van der Waals surface area (Å²) in [4.78, 5) is 31.1. The van der Waals surface area contributed by atoms with Gasteiger partial charge in [-0.05, 0) is 71.6 Å². The van der Waals surface area contributed by atoms with Crippen LogP contribution in [0.15, 0.2) is 45.8 Å². The summed E-state index contributed by atoms with van der Waals surface area (Å²) in [5.74, 6) is -0.440. The number of amides is 2. The van der Waals surface area contributed by atoms with Crippen LogP contribution in [0.1, 0.15) is 37.8 Å². The molecule has 2 aromatic rings. The summed E-state index contributed by atoms with van der Waals surface area (Å²) in [7, 11) is -3.72. The van der Waals surface area contributed by atoms with Crippen LogP contribution < -0.4 is 9.80 Å². The topological polar surface area (TPSA) is 78.0 Å². The molecule has 2 aromatic carbocycles. The number of carbonyl (C=O) groups excluding carboxylic acids is 2. The maximum absolute atomic E-state index is 13.2. The average molecular weight is 563 g/mol. The smallest absolute Gasteiger partial charge is 0.226 e. The number of nitrogens with zero attached hydrogens (tertiary/aromatic N) is 3. The van der Waals surface area contributed by atoms with Gasteiger partial charge in [-0.15, -0.1) is 0 Å². The molecule has 2 heterocycles. The Balaban J connectivity index is 1.42. The Kier molecular flexibility index (Phi) is 7.57.